The van der Waals surface area contributed by atoms with Crippen molar-refractivity contribution in [1.82, 2.24) is 15.2 Å². The number of amides is 1. The Hall–Kier alpha value is -2.18. The van der Waals surface area contributed by atoms with Crippen LogP contribution in [-0.2, 0) is 11.3 Å². The van der Waals surface area contributed by atoms with Gasteiger partial charge in [0.05, 0.1) is 23.8 Å². The molecule has 0 unspecified atom stereocenters. The van der Waals surface area contributed by atoms with Gasteiger partial charge in [-0.3, -0.25) is 14.7 Å². The van der Waals surface area contributed by atoms with E-state index in [-0.39, 0.29) is 17.6 Å². The Labute approximate surface area is 165 Å². The summed E-state index contributed by atoms with van der Waals surface area (Å²) in [6.45, 7) is 7.30. The second-order valence-corrected chi connectivity index (χ2v) is 8.56. The summed E-state index contributed by atoms with van der Waals surface area (Å²) in [5, 5.41) is 3.15. The zero-order valence-corrected chi connectivity index (χ0v) is 16.5. The minimum absolute atomic E-state index is 0.0358. The van der Waals surface area contributed by atoms with Gasteiger partial charge in [0.1, 0.15) is 11.5 Å². The van der Waals surface area contributed by atoms with E-state index >= 15 is 0 Å². The Bertz CT molecular complexity index is 895. The standard InChI is InChI=1S/C22H27N3O3/c1-14-5-6-16(27-14)11-25-12-19-18(20-7-8-22(19,13-25)28-20)10-24-21(26)17-4-3-9-23-15(17)2/h3-6,9,18-20H,7-8,10-13H2,1-2H3,(H,24,26)/t18-,19+,20+,22+/m0/s1. The van der Waals surface area contributed by atoms with Crippen molar-refractivity contribution in [3.05, 3.63) is 53.2 Å². The Kier molecular flexibility index (Phi) is 4.29. The number of hydrogen-bond donors (Lipinski definition) is 1. The predicted molar refractivity (Wildman–Crippen MR) is 104 cm³/mol. The summed E-state index contributed by atoms with van der Waals surface area (Å²) in [4.78, 5) is 19.3. The van der Waals surface area contributed by atoms with Gasteiger partial charge in [0.25, 0.3) is 5.91 Å². The van der Waals surface area contributed by atoms with Gasteiger partial charge in [-0.1, -0.05) is 0 Å². The molecule has 0 aromatic carbocycles. The number of nitrogens with one attached hydrogen (secondary N) is 1. The van der Waals surface area contributed by atoms with Crippen molar-refractivity contribution in [2.24, 2.45) is 11.8 Å². The normalized spacial score (nSPS) is 31.3. The molecule has 28 heavy (non-hydrogen) atoms. The molecular weight excluding hydrogens is 354 g/mol. The number of ether oxygens (including phenoxy) is 1. The highest BCUT2D eigenvalue weighted by Gasteiger charge is 2.62. The van der Waals surface area contributed by atoms with E-state index in [1.165, 1.54) is 0 Å². The first-order valence-electron chi connectivity index (χ1n) is 10.2. The van der Waals surface area contributed by atoms with E-state index in [4.69, 9.17) is 9.15 Å². The molecule has 3 saturated heterocycles. The van der Waals surface area contributed by atoms with Crippen molar-refractivity contribution in [2.45, 2.75) is 44.9 Å². The third-order valence-corrected chi connectivity index (χ3v) is 6.78. The lowest BCUT2D eigenvalue weighted by atomic mass is 9.73. The average molecular weight is 381 g/mol. The number of furan rings is 1. The zero-order chi connectivity index (χ0) is 19.3. The van der Waals surface area contributed by atoms with Gasteiger partial charge in [-0.25, -0.2) is 0 Å². The smallest absolute Gasteiger partial charge is 0.253 e. The van der Waals surface area contributed by atoms with Crippen LogP contribution in [0.2, 0.25) is 0 Å². The van der Waals surface area contributed by atoms with Crippen LogP contribution in [0.15, 0.2) is 34.9 Å². The number of rotatable bonds is 5. The van der Waals surface area contributed by atoms with Crippen molar-refractivity contribution >= 4 is 5.91 Å². The minimum Gasteiger partial charge on any atom is -0.465 e. The van der Waals surface area contributed by atoms with Gasteiger partial charge in [-0.2, -0.15) is 0 Å². The molecule has 0 saturated carbocycles. The number of carbonyl (C=O) groups is 1. The maximum atomic E-state index is 12.6. The van der Waals surface area contributed by atoms with E-state index in [1.807, 2.05) is 32.0 Å². The predicted octanol–water partition coefficient (Wildman–Crippen LogP) is 2.70. The molecule has 1 N–H and O–H groups in total. The number of nitrogens with zero attached hydrogens (tertiary/aromatic N) is 2. The van der Waals surface area contributed by atoms with Gasteiger partial charge in [-0.05, 0) is 51.0 Å². The summed E-state index contributed by atoms with van der Waals surface area (Å²) in [5.41, 5.74) is 1.38. The molecule has 3 fully saturated rings. The van der Waals surface area contributed by atoms with Gasteiger partial charge in [0.15, 0.2) is 0 Å². The lowest BCUT2D eigenvalue weighted by molar-refractivity contribution is 0.00166. The number of aromatic nitrogens is 1. The summed E-state index contributed by atoms with van der Waals surface area (Å²) < 4.78 is 12.3. The Morgan fingerprint density at radius 3 is 3.04 bits per heavy atom. The van der Waals surface area contributed by atoms with Crippen LogP contribution in [0.25, 0.3) is 0 Å². The van der Waals surface area contributed by atoms with Crippen molar-refractivity contribution < 1.29 is 13.9 Å². The maximum absolute atomic E-state index is 12.6. The van der Waals surface area contributed by atoms with Crippen LogP contribution in [-0.4, -0.2) is 47.1 Å². The van der Waals surface area contributed by atoms with E-state index in [0.29, 0.717) is 23.9 Å². The second-order valence-electron chi connectivity index (χ2n) is 8.56. The monoisotopic (exact) mass is 381 g/mol. The molecule has 3 aliphatic heterocycles. The third-order valence-electron chi connectivity index (χ3n) is 6.78. The van der Waals surface area contributed by atoms with Gasteiger partial charge < -0.3 is 14.5 Å². The van der Waals surface area contributed by atoms with Crippen molar-refractivity contribution in [2.75, 3.05) is 19.6 Å². The number of likely N-dealkylation sites (tertiary alicyclic amines) is 1. The Morgan fingerprint density at radius 1 is 1.36 bits per heavy atom. The van der Waals surface area contributed by atoms with Gasteiger partial charge in [0.2, 0.25) is 0 Å². The highest BCUT2D eigenvalue weighted by Crippen LogP contribution is 2.54. The van der Waals surface area contributed by atoms with E-state index in [1.54, 1.807) is 6.20 Å². The average Bonchev–Trinajstić information content (AvgIpc) is 3.41. The number of fused-ring (bicyclic) bond motifs is 1. The first kappa shape index (κ1) is 17.9. The SMILES string of the molecule is Cc1ccc(CN2C[C@@H]3[C@H](CNC(=O)c4cccnc4C)[C@H]4CC[C@]3(C2)O4)o1. The molecular formula is C22H27N3O3. The number of aryl methyl sites for hydroxylation is 2. The molecule has 4 atom stereocenters. The van der Waals surface area contributed by atoms with Crippen molar-refractivity contribution in [1.29, 1.82) is 0 Å². The van der Waals surface area contributed by atoms with Crippen LogP contribution in [0, 0.1) is 25.7 Å². The Balaban J connectivity index is 1.25. The van der Waals surface area contributed by atoms with E-state index in [0.717, 1.165) is 49.7 Å². The van der Waals surface area contributed by atoms with Crippen LogP contribution < -0.4 is 5.32 Å². The first-order chi connectivity index (χ1) is 13.5. The number of carbonyl (C=O) groups excluding carboxylic acids is 1. The van der Waals surface area contributed by atoms with Crippen LogP contribution in [0.3, 0.4) is 0 Å². The topological polar surface area (TPSA) is 67.6 Å². The number of hydrogen-bond acceptors (Lipinski definition) is 5. The zero-order valence-electron chi connectivity index (χ0n) is 16.5. The molecule has 2 aromatic rings. The largest absolute Gasteiger partial charge is 0.465 e. The molecule has 6 heteroatoms. The van der Waals surface area contributed by atoms with Gasteiger partial charge >= 0.3 is 0 Å². The molecule has 3 aliphatic rings. The fraction of sp³-hybridized carbons (Fsp3) is 0.545. The van der Waals surface area contributed by atoms with Crippen molar-refractivity contribution in [3.63, 3.8) is 0 Å². The van der Waals surface area contributed by atoms with Crippen LogP contribution >= 0.6 is 0 Å². The molecule has 0 aliphatic carbocycles. The first-order valence-corrected chi connectivity index (χ1v) is 10.2. The van der Waals surface area contributed by atoms with Gasteiger partial charge in [0, 0.05) is 43.4 Å². The lowest BCUT2D eigenvalue weighted by Crippen LogP contribution is -2.42. The van der Waals surface area contributed by atoms with Crippen LogP contribution in [0.1, 0.15) is 40.4 Å². The summed E-state index contributed by atoms with van der Waals surface area (Å²) >= 11 is 0. The number of pyridine rings is 1. The van der Waals surface area contributed by atoms with E-state index in [9.17, 15) is 4.79 Å². The van der Waals surface area contributed by atoms with Crippen LogP contribution in [0.4, 0.5) is 0 Å². The molecule has 5 heterocycles. The molecule has 2 bridgehead atoms. The molecule has 2 aromatic heterocycles. The summed E-state index contributed by atoms with van der Waals surface area (Å²) in [7, 11) is 0. The molecule has 1 spiro atoms. The summed E-state index contributed by atoms with van der Waals surface area (Å²) in [6.07, 6.45) is 4.21. The molecule has 148 valence electrons. The molecule has 1 amide bonds. The summed E-state index contributed by atoms with van der Waals surface area (Å²) in [5.74, 6) is 2.77. The lowest BCUT2D eigenvalue weighted by Gasteiger charge is -2.29. The minimum atomic E-state index is -0.0386. The van der Waals surface area contributed by atoms with Crippen molar-refractivity contribution in [3.8, 4) is 0 Å². The quantitative estimate of drug-likeness (QED) is 0.863. The van der Waals surface area contributed by atoms with Crippen LogP contribution in [0.5, 0.6) is 0 Å². The van der Waals surface area contributed by atoms with Gasteiger partial charge in [-0.15, -0.1) is 0 Å². The molecule has 6 nitrogen and oxygen atoms in total. The highest BCUT2D eigenvalue weighted by atomic mass is 16.5. The molecule has 0 radical (unpaired) electrons. The molecule has 5 rings (SSSR count). The fourth-order valence-corrected chi connectivity index (χ4v) is 5.50. The third kappa shape index (κ3) is 2.95. The maximum Gasteiger partial charge on any atom is 0.253 e. The second kappa shape index (κ2) is 6.71. The van der Waals surface area contributed by atoms with E-state index in [2.05, 4.69) is 21.3 Å². The van der Waals surface area contributed by atoms with E-state index < -0.39 is 0 Å². The summed E-state index contributed by atoms with van der Waals surface area (Å²) in [6, 6.07) is 7.72. The fourth-order valence-electron chi connectivity index (χ4n) is 5.50. The highest BCUT2D eigenvalue weighted by molar-refractivity contribution is 5.95. The Morgan fingerprint density at radius 2 is 2.25 bits per heavy atom.